The Morgan fingerprint density at radius 2 is 1.83 bits per heavy atom. The molecule has 1 amide bonds. The summed E-state index contributed by atoms with van der Waals surface area (Å²) in [4.78, 5) is 22.7. The summed E-state index contributed by atoms with van der Waals surface area (Å²) in [7, 11) is 1.59. The van der Waals surface area contributed by atoms with Crippen LogP contribution in [0.3, 0.4) is 0 Å². The van der Waals surface area contributed by atoms with Crippen molar-refractivity contribution in [2.45, 2.75) is 19.6 Å². The first-order valence-electron chi connectivity index (χ1n) is 13.3. The Morgan fingerprint density at radius 1 is 1.02 bits per heavy atom. The van der Waals surface area contributed by atoms with E-state index in [4.69, 9.17) is 31.2 Å². The largest absolute Gasteiger partial charge is 0.493 e. The number of amides is 1. The summed E-state index contributed by atoms with van der Waals surface area (Å²) >= 11 is 6.11. The molecule has 2 aromatic heterocycles. The third-order valence-corrected chi connectivity index (χ3v) is 7.11. The first-order chi connectivity index (χ1) is 20.5. The molecular formula is C32H27ClN6O3. The van der Waals surface area contributed by atoms with Gasteiger partial charge in [-0.25, -0.2) is 4.68 Å². The van der Waals surface area contributed by atoms with Crippen LogP contribution in [0.1, 0.15) is 24.1 Å². The van der Waals surface area contributed by atoms with Crippen molar-refractivity contribution >= 4 is 29.1 Å². The first-order valence-corrected chi connectivity index (χ1v) is 13.6. The molecule has 0 aliphatic carbocycles. The molecule has 0 fully saturated rings. The molecule has 42 heavy (non-hydrogen) atoms. The van der Waals surface area contributed by atoms with Crippen molar-refractivity contribution in [3.8, 4) is 22.9 Å². The van der Waals surface area contributed by atoms with Gasteiger partial charge in [-0.3, -0.25) is 9.78 Å². The average Bonchev–Trinajstić information content (AvgIpc) is 3.44. The van der Waals surface area contributed by atoms with Crippen LogP contribution in [0.2, 0.25) is 5.02 Å². The zero-order valence-electron chi connectivity index (χ0n) is 22.9. The van der Waals surface area contributed by atoms with Gasteiger partial charge in [0.05, 0.1) is 24.6 Å². The summed E-state index contributed by atoms with van der Waals surface area (Å²) < 4.78 is 13.5. The minimum absolute atomic E-state index is 0.296. The lowest BCUT2D eigenvalue weighted by Crippen LogP contribution is -2.31. The van der Waals surface area contributed by atoms with E-state index >= 15 is 0 Å². The molecule has 6 rings (SSSR count). The lowest BCUT2D eigenvalue weighted by Gasteiger charge is -2.29. The summed E-state index contributed by atoms with van der Waals surface area (Å²) in [5.74, 6) is 1.82. The summed E-state index contributed by atoms with van der Waals surface area (Å²) in [6, 6.07) is 25.8. The van der Waals surface area contributed by atoms with Crippen molar-refractivity contribution in [2.24, 2.45) is 0 Å². The Morgan fingerprint density at radius 3 is 2.57 bits per heavy atom. The lowest BCUT2D eigenvalue weighted by molar-refractivity contribution is -0.113. The standard InChI is InChI=1S/C32H27ClN6O3/c1-20-28(31(40)36-25-9-6-16-34-18-25)29(39-32(35-20)37-30(38-39)22-10-13-24(33)14-11-22)23-12-15-26(27(17-23)41-2)42-19-21-7-4-3-5-8-21/h3-18,29H,19H2,1-2H3,(H,36,40)(H,35,37,38). The third-order valence-electron chi connectivity index (χ3n) is 6.86. The number of ether oxygens (including phenoxy) is 2. The molecule has 9 nitrogen and oxygen atoms in total. The van der Waals surface area contributed by atoms with E-state index in [1.165, 1.54) is 0 Å². The van der Waals surface area contributed by atoms with E-state index in [1.807, 2.05) is 67.6 Å². The van der Waals surface area contributed by atoms with Gasteiger partial charge in [0, 0.05) is 22.5 Å². The lowest BCUT2D eigenvalue weighted by atomic mass is 9.94. The number of nitrogens with one attached hydrogen (secondary N) is 2. The van der Waals surface area contributed by atoms with Gasteiger partial charge in [-0.2, -0.15) is 4.98 Å². The summed E-state index contributed by atoms with van der Waals surface area (Å²) in [6.45, 7) is 2.24. The van der Waals surface area contributed by atoms with Crippen molar-refractivity contribution in [3.05, 3.63) is 125 Å². The molecule has 3 aromatic carbocycles. The fourth-order valence-corrected chi connectivity index (χ4v) is 4.94. The topological polar surface area (TPSA) is 103 Å². The van der Waals surface area contributed by atoms with Gasteiger partial charge in [0.25, 0.3) is 5.91 Å². The number of hydrogen-bond donors (Lipinski definition) is 2. The first kappa shape index (κ1) is 27.0. The summed E-state index contributed by atoms with van der Waals surface area (Å²) in [6.07, 6.45) is 3.25. The second kappa shape index (κ2) is 11.8. The van der Waals surface area contributed by atoms with E-state index in [9.17, 15) is 4.79 Å². The van der Waals surface area contributed by atoms with E-state index in [0.717, 1.165) is 16.7 Å². The van der Waals surface area contributed by atoms with Gasteiger partial charge in [0.1, 0.15) is 12.6 Å². The molecule has 1 aliphatic heterocycles. The molecule has 1 aliphatic rings. The van der Waals surface area contributed by atoms with Gasteiger partial charge >= 0.3 is 0 Å². The quantitative estimate of drug-likeness (QED) is 0.216. The molecule has 1 atom stereocenters. The third kappa shape index (κ3) is 5.55. The maximum atomic E-state index is 13.8. The van der Waals surface area contributed by atoms with Crippen LogP contribution in [0.15, 0.2) is 109 Å². The Bertz CT molecular complexity index is 1750. The second-order valence-electron chi connectivity index (χ2n) is 9.66. The molecule has 5 aromatic rings. The normalized spacial score (nSPS) is 14.1. The number of pyridine rings is 1. The molecule has 3 heterocycles. The van der Waals surface area contributed by atoms with Crippen LogP contribution in [0.25, 0.3) is 11.4 Å². The molecule has 210 valence electrons. The number of rotatable bonds is 8. The van der Waals surface area contributed by atoms with Crippen LogP contribution in [0, 0.1) is 0 Å². The van der Waals surface area contributed by atoms with Crippen molar-refractivity contribution in [1.82, 2.24) is 19.7 Å². The van der Waals surface area contributed by atoms with Crippen LogP contribution in [-0.2, 0) is 11.4 Å². The van der Waals surface area contributed by atoms with Gasteiger partial charge in [0.15, 0.2) is 17.3 Å². The Balaban J connectivity index is 1.40. The highest BCUT2D eigenvalue weighted by atomic mass is 35.5. The highest BCUT2D eigenvalue weighted by Crippen LogP contribution is 2.40. The van der Waals surface area contributed by atoms with Gasteiger partial charge in [-0.1, -0.05) is 48.0 Å². The predicted octanol–water partition coefficient (Wildman–Crippen LogP) is 6.51. The molecule has 0 bridgehead atoms. The number of hydrogen-bond acceptors (Lipinski definition) is 7. The zero-order chi connectivity index (χ0) is 29.1. The van der Waals surface area contributed by atoms with E-state index in [0.29, 0.717) is 51.9 Å². The van der Waals surface area contributed by atoms with Crippen molar-refractivity contribution in [1.29, 1.82) is 0 Å². The highest BCUT2D eigenvalue weighted by molar-refractivity contribution is 6.30. The number of allylic oxidation sites excluding steroid dienone is 1. The zero-order valence-corrected chi connectivity index (χ0v) is 23.7. The highest BCUT2D eigenvalue weighted by Gasteiger charge is 2.35. The number of anilines is 2. The second-order valence-corrected chi connectivity index (χ2v) is 10.1. The Hall–Kier alpha value is -5.15. The number of carbonyl (C=O) groups is 1. The molecule has 1 unspecified atom stereocenters. The van der Waals surface area contributed by atoms with E-state index in [2.05, 4.69) is 15.6 Å². The number of methoxy groups -OCH3 is 1. The average molecular weight is 579 g/mol. The maximum Gasteiger partial charge on any atom is 0.255 e. The monoisotopic (exact) mass is 578 g/mol. The van der Waals surface area contributed by atoms with Gasteiger partial charge in [-0.05, 0) is 66.6 Å². The molecule has 0 saturated carbocycles. The molecule has 0 radical (unpaired) electrons. The number of aromatic nitrogens is 4. The van der Waals surface area contributed by atoms with Crippen LogP contribution in [0.4, 0.5) is 11.6 Å². The molecular weight excluding hydrogens is 552 g/mol. The molecule has 0 spiro atoms. The number of halogens is 1. The molecule has 10 heteroatoms. The minimum Gasteiger partial charge on any atom is -0.493 e. The molecule has 0 saturated heterocycles. The predicted molar refractivity (Wildman–Crippen MR) is 162 cm³/mol. The van der Waals surface area contributed by atoms with Gasteiger partial charge < -0.3 is 20.1 Å². The van der Waals surface area contributed by atoms with Gasteiger partial charge in [0.2, 0.25) is 5.95 Å². The molecule has 2 N–H and O–H groups in total. The number of carbonyl (C=O) groups excluding carboxylic acids is 1. The smallest absolute Gasteiger partial charge is 0.255 e. The van der Waals surface area contributed by atoms with Gasteiger partial charge in [-0.15, -0.1) is 5.10 Å². The van der Waals surface area contributed by atoms with E-state index < -0.39 is 6.04 Å². The number of nitrogens with zero attached hydrogens (tertiary/aromatic N) is 4. The van der Waals surface area contributed by atoms with Crippen LogP contribution >= 0.6 is 11.6 Å². The number of fused-ring (bicyclic) bond motifs is 1. The fourth-order valence-electron chi connectivity index (χ4n) is 4.82. The summed E-state index contributed by atoms with van der Waals surface area (Å²) in [5.41, 5.74) is 4.30. The fraction of sp³-hybridized carbons (Fsp3) is 0.125. The Kier molecular flexibility index (Phi) is 7.57. The number of benzene rings is 3. The Labute approximate surface area is 247 Å². The SMILES string of the molecule is COc1cc(C2C(C(=O)Nc3cccnc3)=C(C)Nc3nc(-c4ccc(Cl)cc4)nn32)ccc1OCc1ccccc1. The van der Waals surface area contributed by atoms with Crippen molar-refractivity contribution in [2.75, 3.05) is 17.7 Å². The van der Waals surface area contributed by atoms with E-state index in [-0.39, 0.29) is 5.91 Å². The van der Waals surface area contributed by atoms with Crippen LogP contribution in [0.5, 0.6) is 11.5 Å². The minimum atomic E-state index is -0.622. The van der Waals surface area contributed by atoms with Crippen molar-refractivity contribution < 1.29 is 14.3 Å². The maximum absolute atomic E-state index is 13.8. The summed E-state index contributed by atoms with van der Waals surface area (Å²) in [5, 5.41) is 11.7. The van der Waals surface area contributed by atoms with Crippen LogP contribution < -0.4 is 20.1 Å². The van der Waals surface area contributed by atoms with E-state index in [1.54, 1.807) is 48.5 Å². The van der Waals surface area contributed by atoms with Crippen molar-refractivity contribution in [3.63, 3.8) is 0 Å². The van der Waals surface area contributed by atoms with Crippen LogP contribution in [-0.4, -0.2) is 32.8 Å².